The molecule has 2 heterocycles. The van der Waals surface area contributed by atoms with Gasteiger partial charge >= 0.3 is 0 Å². The molecule has 1 aliphatic heterocycles. The smallest absolute Gasteiger partial charge is 0.267 e. The van der Waals surface area contributed by atoms with Crippen LogP contribution in [0.25, 0.3) is 10.8 Å². The summed E-state index contributed by atoms with van der Waals surface area (Å²) in [5.41, 5.74) is 0.102. The van der Waals surface area contributed by atoms with Crippen molar-refractivity contribution in [3.05, 3.63) is 46.4 Å². The first kappa shape index (κ1) is 14.8. The first-order chi connectivity index (χ1) is 10.7. The Bertz CT molecular complexity index is 717. The highest BCUT2D eigenvalue weighted by atomic mass is 16.2. The van der Waals surface area contributed by atoms with Gasteiger partial charge in [0.15, 0.2) is 0 Å². The van der Waals surface area contributed by atoms with Crippen molar-refractivity contribution in [1.82, 2.24) is 15.6 Å². The first-order valence-electron chi connectivity index (χ1n) is 7.85. The molecule has 3 N–H and O–H groups in total. The third kappa shape index (κ3) is 3.36. The Morgan fingerprint density at radius 3 is 3.00 bits per heavy atom. The van der Waals surface area contributed by atoms with Gasteiger partial charge in [-0.1, -0.05) is 18.2 Å². The molecule has 5 heteroatoms. The van der Waals surface area contributed by atoms with E-state index in [2.05, 4.69) is 15.6 Å². The molecule has 1 aliphatic rings. The highest BCUT2D eigenvalue weighted by molar-refractivity contribution is 5.96. The lowest BCUT2D eigenvalue weighted by Crippen LogP contribution is -2.33. The van der Waals surface area contributed by atoms with Crippen LogP contribution >= 0.6 is 0 Å². The second-order valence-corrected chi connectivity index (χ2v) is 5.86. The van der Waals surface area contributed by atoms with E-state index in [9.17, 15) is 9.59 Å². The Hall–Kier alpha value is -2.14. The number of carbonyl (C=O) groups is 1. The fraction of sp³-hybridized carbons (Fsp3) is 0.412. The van der Waals surface area contributed by atoms with Gasteiger partial charge in [0.25, 0.3) is 11.5 Å². The largest absolute Gasteiger partial charge is 0.351 e. The van der Waals surface area contributed by atoms with E-state index in [-0.39, 0.29) is 11.5 Å². The summed E-state index contributed by atoms with van der Waals surface area (Å²) in [6.07, 6.45) is 3.39. The number of aromatic amines is 1. The molecule has 1 aromatic carbocycles. The second kappa shape index (κ2) is 6.75. The fourth-order valence-electron chi connectivity index (χ4n) is 2.99. The maximum Gasteiger partial charge on any atom is 0.267 e. The first-order valence-corrected chi connectivity index (χ1v) is 7.85. The van der Waals surface area contributed by atoms with E-state index < -0.39 is 0 Å². The molecule has 3 rings (SSSR count). The number of benzene rings is 1. The van der Waals surface area contributed by atoms with E-state index >= 15 is 0 Å². The van der Waals surface area contributed by atoms with Crippen molar-refractivity contribution in [2.45, 2.75) is 19.3 Å². The van der Waals surface area contributed by atoms with Crippen molar-refractivity contribution in [2.75, 3.05) is 19.6 Å². The lowest BCUT2D eigenvalue weighted by molar-refractivity contribution is 0.0945. The number of pyridine rings is 1. The number of piperidine rings is 1. The minimum Gasteiger partial charge on any atom is -0.351 e. The van der Waals surface area contributed by atoms with Gasteiger partial charge < -0.3 is 15.6 Å². The molecule has 1 saturated heterocycles. The van der Waals surface area contributed by atoms with Crippen LogP contribution in [0.1, 0.15) is 29.8 Å². The van der Waals surface area contributed by atoms with Crippen LogP contribution in [0.3, 0.4) is 0 Å². The number of amides is 1. The standard InChI is InChI=1S/C17H21N3O2/c21-16-14-6-2-1-5-13(14)10-15(20-16)17(22)19-9-7-12-4-3-8-18-11-12/h1-2,5-6,10,12,18H,3-4,7-9,11H2,(H,19,22)(H,20,21). The Morgan fingerprint density at radius 1 is 1.32 bits per heavy atom. The molecule has 1 unspecified atom stereocenters. The summed E-state index contributed by atoms with van der Waals surface area (Å²) in [5.74, 6) is 0.413. The van der Waals surface area contributed by atoms with Gasteiger partial charge in [-0.3, -0.25) is 9.59 Å². The number of fused-ring (bicyclic) bond motifs is 1. The molecular formula is C17H21N3O2. The number of nitrogens with one attached hydrogen (secondary N) is 3. The van der Waals surface area contributed by atoms with Crippen LogP contribution in [0.15, 0.2) is 35.1 Å². The molecule has 2 aromatic rings. The normalized spacial score (nSPS) is 18.3. The third-order valence-electron chi connectivity index (χ3n) is 4.24. The van der Waals surface area contributed by atoms with E-state index in [1.54, 1.807) is 12.1 Å². The molecule has 0 bridgehead atoms. The van der Waals surface area contributed by atoms with E-state index in [0.29, 0.717) is 23.5 Å². The fourth-order valence-corrected chi connectivity index (χ4v) is 2.99. The predicted octanol–water partition coefficient (Wildman–Crippen LogP) is 1.65. The van der Waals surface area contributed by atoms with Gasteiger partial charge in [-0.25, -0.2) is 0 Å². The summed E-state index contributed by atoms with van der Waals surface area (Å²) < 4.78 is 0. The van der Waals surface area contributed by atoms with Gasteiger partial charge in [0.1, 0.15) is 5.69 Å². The number of hydrogen-bond acceptors (Lipinski definition) is 3. The van der Waals surface area contributed by atoms with Crippen molar-refractivity contribution in [2.24, 2.45) is 5.92 Å². The number of rotatable bonds is 4. The molecule has 0 radical (unpaired) electrons. The van der Waals surface area contributed by atoms with Crippen molar-refractivity contribution in [3.8, 4) is 0 Å². The van der Waals surface area contributed by atoms with Crippen LogP contribution < -0.4 is 16.2 Å². The zero-order chi connectivity index (χ0) is 15.4. The number of H-pyrrole nitrogens is 1. The van der Waals surface area contributed by atoms with Crippen LogP contribution in [0.5, 0.6) is 0 Å². The molecular weight excluding hydrogens is 278 g/mol. The van der Waals surface area contributed by atoms with Gasteiger partial charge in [-0.2, -0.15) is 0 Å². The Balaban J connectivity index is 1.63. The van der Waals surface area contributed by atoms with Crippen LogP contribution in [0.2, 0.25) is 0 Å². The van der Waals surface area contributed by atoms with Crippen LogP contribution in [-0.4, -0.2) is 30.5 Å². The van der Waals surface area contributed by atoms with E-state index in [1.165, 1.54) is 12.8 Å². The van der Waals surface area contributed by atoms with Gasteiger partial charge in [-0.15, -0.1) is 0 Å². The van der Waals surface area contributed by atoms with Gasteiger partial charge in [0.05, 0.1) is 0 Å². The highest BCUT2D eigenvalue weighted by Crippen LogP contribution is 2.13. The van der Waals surface area contributed by atoms with Gasteiger partial charge in [0, 0.05) is 11.9 Å². The SMILES string of the molecule is O=C(NCCC1CCCNC1)c1cc2ccccc2c(=O)[nH]1. The van der Waals surface area contributed by atoms with Crippen LogP contribution in [0, 0.1) is 5.92 Å². The zero-order valence-corrected chi connectivity index (χ0v) is 12.5. The molecule has 5 nitrogen and oxygen atoms in total. The van der Waals surface area contributed by atoms with Gasteiger partial charge in [-0.05, 0) is 55.8 Å². The molecule has 0 saturated carbocycles. The maximum atomic E-state index is 12.2. The Morgan fingerprint density at radius 2 is 2.18 bits per heavy atom. The lowest BCUT2D eigenvalue weighted by Gasteiger charge is -2.22. The lowest BCUT2D eigenvalue weighted by atomic mass is 9.96. The molecule has 1 atom stereocenters. The van der Waals surface area contributed by atoms with Crippen molar-refractivity contribution in [1.29, 1.82) is 0 Å². The minimum atomic E-state index is -0.222. The monoisotopic (exact) mass is 299 g/mol. The maximum absolute atomic E-state index is 12.2. The van der Waals surface area contributed by atoms with Crippen LogP contribution in [-0.2, 0) is 0 Å². The Kier molecular flexibility index (Phi) is 4.53. The molecule has 22 heavy (non-hydrogen) atoms. The van der Waals surface area contributed by atoms with E-state index in [1.807, 2.05) is 18.2 Å². The Labute approximate surface area is 129 Å². The molecule has 1 fully saturated rings. The van der Waals surface area contributed by atoms with Crippen molar-refractivity contribution < 1.29 is 4.79 Å². The summed E-state index contributed by atoms with van der Waals surface area (Å²) in [5, 5.41) is 7.66. The van der Waals surface area contributed by atoms with Crippen LogP contribution in [0.4, 0.5) is 0 Å². The average Bonchev–Trinajstić information content (AvgIpc) is 2.56. The third-order valence-corrected chi connectivity index (χ3v) is 4.24. The molecule has 1 amide bonds. The summed E-state index contributed by atoms with van der Waals surface area (Å²) >= 11 is 0. The highest BCUT2D eigenvalue weighted by Gasteiger charge is 2.14. The van der Waals surface area contributed by atoms with Crippen molar-refractivity contribution in [3.63, 3.8) is 0 Å². The average molecular weight is 299 g/mol. The molecule has 1 aromatic heterocycles. The number of aromatic nitrogens is 1. The zero-order valence-electron chi connectivity index (χ0n) is 12.5. The quantitative estimate of drug-likeness (QED) is 0.803. The summed E-state index contributed by atoms with van der Waals surface area (Å²) in [6, 6.07) is 9.00. The summed E-state index contributed by atoms with van der Waals surface area (Å²) in [4.78, 5) is 26.8. The number of carbonyl (C=O) groups excluding carboxylic acids is 1. The van der Waals surface area contributed by atoms with E-state index in [4.69, 9.17) is 0 Å². The summed E-state index contributed by atoms with van der Waals surface area (Å²) in [7, 11) is 0. The van der Waals surface area contributed by atoms with E-state index in [0.717, 1.165) is 24.9 Å². The molecule has 0 aliphatic carbocycles. The molecule has 116 valence electrons. The summed E-state index contributed by atoms with van der Waals surface area (Å²) in [6.45, 7) is 2.77. The minimum absolute atomic E-state index is 0.216. The van der Waals surface area contributed by atoms with Crippen molar-refractivity contribution >= 4 is 16.7 Å². The topological polar surface area (TPSA) is 74.0 Å². The number of hydrogen-bond donors (Lipinski definition) is 3. The molecule has 0 spiro atoms. The van der Waals surface area contributed by atoms with Gasteiger partial charge in [0.2, 0.25) is 0 Å². The predicted molar refractivity (Wildman–Crippen MR) is 87.1 cm³/mol. The second-order valence-electron chi connectivity index (χ2n) is 5.86.